The van der Waals surface area contributed by atoms with Crippen molar-refractivity contribution in [3.8, 4) is 0 Å². The van der Waals surface area contributed by atoms with Crippen LogP contribution in [0.25, 0.3) is 0 Å². The van der Waals surface area contributed by atoms with Gasteiger partial charge in [-0.25, -0.2) is 8.78 Å². The first-order valence-electron chi connectivity index (χ1n) is 5.78. The molecule has 0 aliphatic carbocycles. The standard InChI is InChI=1S/C12H15F2N3O/c13-8-1-2-9(10(14)7-8)11(12(15)18)17-5-3-16-4-6-17/h1-2,7,11,16H,3-6H2,(H2,15,18). The van der Waals surface area contributed by atoms with Gasteiger partial charge in [0.1, 0.15) is 17.7 Å². The van der Waals surface area contributed by atoms with Gasteiger partial charge in [-0.15, -0.1) is 0 Å². The highest BCUT2D eigenvalue weighted by atomic mass is 19.1. The lowest BCUT2D eigenvalue weighted by Gasteiger charge is -2.33. The Labute approximate surface area is 104 Å². The van der Waals surface area contributed by atoms with Crippen molar-refractivity contribution in [1.82, 2.24) is 10.2 Å². The number of primary amides is 1. The number of hydrogen-bond acceptors (Lipinski definition) is 3. The molecule has 6 heteroatoms. The molecule has 0 bridgehead atoms. The van der Waals surface area contributed by atoms with Gasteiger partial charge < -0.3 is 11.1 Å². The number of benzene rings is 1. The summed E-state index contributed by atoms with van der Waals surface area (Å²) >= 11 is 0. The SMILES string of the molecule is NC(=O)C(c1ccc(F)cc1F)N1CCNCC1. The van der Waals surface area contributed by atoms with Crippen LogP contribution in [0.4, 0.5) is 8.78 Å². The van der Waals surface area contributed by atoms with Gasteiger partial charge in [0.15, 0.2) is 0 Å². The lowest BCUT2D eigenvalue weighted by atomic mass is 10.0. The van der Waals surface area contributed by atoms with E-state index in [-0.39, 0.29) is 5.56 Å². The van der Waals surface area contributed by atoms with Crippen molar-refractivity contribution in [2.24, 2.45) is 5.73 Å². The lowest BCUT2D eigenvalue weighted by Crippen LogP contribution is -2.48. The van der Waals surface area contributed by atoms with E-state index >= 15 is 0 Å². The Bertz CT molecular complexity index is 447. The smallest absolute Gasteiger partial charge is 0.239 e. The van der Waals surface area contributed by atoms with Gasteiger partial charge in [0.25, 0.3) is 0 Å². The van der Waals surface area contributed by atoms with E-state index in [0.717, 1.165) is 12.1 Å². The highest BCUT2D eigenvalue weighted by Gasteiger charge is 2.29. The average Bonchev–Trinajstić information content (AvgIpc) is 2.33. The first-order valence-corrected chi connectivity index (χ1v) is 5.78. The summed E-state index contributed by atoms with van der Waals surface area (Å²) in [4.78, 5) is 13.3. The number of halogens is 2. The number of piperazine rings is 1. The fourth-order valence-corrected chi connectivity index (χ4v) is 2.19. The zero-order valence-electron chi connectivity index (χ0n) is 9.83. The summed E-state index contributed by atoms with van der Waals surface area (Å²) in [6.45, 7) is 2.63. The zero-order valence-corrected chi connectivity index (χ0v) is 9.83. The van der Waals surface area contributed by atoms with Crippen molar-refractivity contribution in [3.05, 3.63) is 35.4 Å². The molecule has 2 rings (SSSR count). The molecule has 1 amide bonds. The van der Waals surface area contributed by atoms with Gasteiger partial charge in [-0.3, -0.25) is 9.69 Å². The maximum atomic E-state index is 13.7. The van der Waals surface area contributed by atoms with Gasteiger partial charge in [0.05, 0.1) is 0 Å². The van der Waals surface area contributed by atoms with Gasteiger partial charge in [-0.2, -0.15) is 0 Å². The van der Waals surface area contributed by atoms with Gasteiger partial charge in [0.2, 0.25) is 5.91 Å². The molecule has 0 radical (unpaired) electrons. The molecule has 0 saturated carbocycles. The summed E-state index contributed by atoms with van der Waals surface area (Å²) in [7, 11) is 0. The van der Waals surface area contributed by atoms with Gasteiger partial charge in [0, 0.05) is 37.8 Å². The van der Waals surface area contributed by atoms with Gasteiger partial charge in [-0.05, 0) is 6.07 Å². The maximum Gasteiger partial charge on any atom is 0.239 e. The highest BCUT2D eigenvalue weighted by molar-refractivity contribution is 5.81. The van der Waals surface area contributed by atoms with Crippen LogP contribution in [0.2, 0.25) is 0 Å². The summed E-state index contributed by atoms with van der Waals surface area (Å²) in [5, 5.41) is 3.14. The minimum absolute atomic E-state index is 0.130. The van der Waals surface area contributed by atoms with E-state index in [0.29, 0.717) is 26.2 Å². The molecule has 1 aromatic rings. The number of carbonyl (C=O) groups excluding carboxylic acids is 1. The molecule has 1 aliphatic rings. The Balaban J connectivity index is 2.31. The third-order valence-corrected chi connectivity index (χ3v) is 3.04. The molecule has 1 heterocycles. The Morgan fingerprint density at radius 2 is 2.00 bits per heavy atom. The second-order valence-electron chi connectivity index (χ2n) is 4.26. The molecule has 4 nitrogen and oxygen atoms in total. The zero-order chi connectivity index (χ0) is 13.1. The Hall–Kier alpha value is -1.53. The number of carbonyl (C=O) groups is 1. The Morgan fingerprint density at radius 1 is 1.33 bits per heavy atom. The summed E-state index contributed by atoms with van der Waals surface area (Å²) in [6.07, 6.45) is 0. The molecule has 1 unspecified atom stereocenters. The van der Waals surface area contributed by atoms with Crippen molar-refractivity contribution < 1.29 is 13.6 Å². The molecule has 3 N–H and O–H groups in total. The molecule has 1 saturated heterocycles. The molecular formula is C12H15F2N3O. The third kappa shape index (κ3) is 2.65. The first-order chi connectivity index (χ1) is 8.59. The van der Waals surface area contributed by atoms with E-state index in [9.17, 15) is 13.6 Å². The molecule has 1 atom stereocenters. The second kappa shape index (κ2) is 5.41. The van der Waals surface area contributed by atoms with E-state index in [2.05, 4.69) is 5.32 Å². The third-order valence-electron chi connectivity index (χ3n) is 3.04. The molecule has 1 fully saturated rings. The van der Waals surface area contributed by atoms with Crippen LogP contribution >= 0.6 is 0 Å². The van der Waals surface area contributed by atoms with E-state index in [4.69, 9.17) is 5.73 Å². The number of rotatable bonds is 3. The van der Waals surface area contributed by atoms with E-state index in [1.54, 1.807) is 4.90 Å². The van der Waals surface area contributed by atoms with Crippen LogP contribution in [0, 0.1) is 11.6 Å². The summed E-state index contributed by atoms with van der Waals surface area (Å²) in [5.41, 5.74) is 5.48. The summed E-state index contributed by atoms with van der Waals surface area (Å²) in [5.74, 6) is -2.03. The number of nitrogens with one attached hydrogen (secondary N) is 1. The minimum atomic E-state index is -0.840. The number of hydrogen-bond donors (Lipinski definition) is 2. The van der Waals surface area contributed by atoms with Crippen molar-refractivity contribution >= 4 is 5.91 Å². The molecular weight excluding hydrogens is 240 g/mol. The predicted octanol–water partition coefficient (Wildman–Crippen LogP) is 0.396. The van der Waals surface area contributed by atoms with Crippen LogP contribution in [0.15, 0.2) is 18.2 Å². The van der Waals surface area contributed by atoms with Gasteiger partial charge >= 0.3 is 0 Å². The fourth-order valence-electron chi connectivity index (χ4n) is 2.19. The van der Waals surface area contributed by atoms with Crippen LogP contribution in [0.5, 0.6) is 0 Å². The molecule has 1 aromatic carbocycles. The van der Waals surface area contributed by atoms with Crippen molar-refractivity contribution in [2.45, 2.75) is 6.04 Å². The van der Waals surface area contributed by atoms with Crippen LogP contribution in [-0.4, -0.2) is 37.0 Å². The quantitative estimate of drug-likeness (QED) is 0.821. The van der Waals surface area contributed by atoms with Crippen LogP contribution in [-0.2, 0) is 4.79 Å². The molecule has 98 valence electrons. The normalized spacial score (nSPS) is 18.6. The number of amides is 1. The van der Waals surface area contributed by atoms with E-state index in [1.807, 2.05) is 0 Å². The Kier molecular flexibility index (Phi) is 3.88. The minimum Gasteiger partial charge on any atom is -0.368 e. The second-order valence-corrected chi connectivity index (χ2v) is 4.26. The van der Waals surface area contributed by atoms with Crippen molar-refractivity contribution in [2.75, 3.05) is 26.2 Å². The fraction of sp³-hybridized carbons (Fsp3) is 0.417. The predicted molar refractivity (Wildman–Crippen MR) is 62.7 cm³/mol. The van der Waals surface area contributed by atoms with E-state index in [1.165, 1.54) is 6.07 Å². The molecule has 1 aliphatic heterocycles. The lowest BCUT2D eigenvalue weighted by molar-refractivity contribution is -0.123. The average molecular weight is 255 g/mol. The van der Waals surface area contributed by atoms with Crippen LogP contribution < -0.4 is 11.1 Å². The Morgan fingerprint density at radius 3 is 2.56 bits per heavy atom. The number of nitrogens with zero attached hydrogens (tertiary/aromatic N) is 1. The molecule has 18 heavy (non-hydrogen) atoms. The molecule has 0 spiro atoms. The van der Waals surface area contributed by atoms with Crippen LogP contribution in [0.1, 0.15) is 11.6 Å². The maximum absolute atomic E-state index is 13.7. The first kappa shape index (κ1) is 12.9. The summed E-state index contributed by atoms with van der Waals surface area (Å²) in [6, 6.07) is 2.35. The largest absolute Gasteiger partial charge is 0.368 e. The summed E-state index contributed by atoms with van der Waals surface area (Å²) < 4.78 is 26.6. The van der Waals surface area contributed by atoms with Crippen molar-refractivity contribution in [3.63, 3.8) is 0 Å². The molecule has 0 aromatic heterocycles. The number of nitrogens with two attached hydrogens (primary N) is 1. The topological polar surface area (TPSA) is 58.4 Å². The van der Waals surface area contributed by atoms with Crippen LogP contribution in [0.3, 0.4) is 0 Å². The van der Waals surface area contributed by atoms with E-state index < -0.39 is 23.6 Å². The van der Waals surface area contributed by atoms with Crippen molar-refractivity contribution in [1.29, 1.82) is 0 Å². The monoisotopic (exact) mass is 255 g/mol. The highest BCUT2D eigenvalue weighted by Crippen LogP contribution is 2.24. The van der Waals surface area contributed by atoms with Gasteiger partial charge in [-0.1, -0.05) is 6.07 Å².